The van der Waals surface area contributed by atoms with E-state index in [4.69, 9.17) is 11.6 Å². The van der Waals surface area contributed by atoms with Crippen molar-refractivity contribution in [3.05, 3.63) is 46.7 Å². The van der Waals surface area contributed by atoms with Crippen molar-refractivity contribution in [3.8, 4) is 5.69 Å². The molecule has 2 aromatic rings. The minimum atomic E-state index is -0.0549. The van der Waals surface area contributed by atoms with Gasteiger partial charge in [-0.05, 0) is 50.9 Å². The van der Waals surface area contributed by atoms with Gasteiger partial charge in [0, 0.05) is 17.1 Å². The van der Waals surface area contributed by atoms with Gasteiger partial charge in [0.15, 0.2) is 0 Å². The molecule has 2 N–H and O–H groups in total. The molecule has 3 rings (SSSR count). The molecule has 6 heteroatoms. The molecule has 1 saturated heterocycles. The second-order valence-electron chi connectivity index (χ2n) is 6.22. The average Bonchev–Trinajstić information content (AvgIpc) is 3.01. The Morgan fingerprint density at radius 2 is 2.33 bits per heavy atom. The van der Waals surface area contributed by atoms with Crippen molar-refractivity contribution in [2.24, 2.45) is 0 Å². The van der Waals surface area contributed by atoms with E-state index in [9.17, 15) is 4.79 Å². The van der Waals surface area contributed by atoms with E-state index < -0.39 is 0 Å². The van der Waals surface area contributed by atoms with Crippen LogP contribution in [0.5, 0.6) is 0 Å². The Balaban J connectivity index is 1.84. The first-order valence-corrected chi connectivity index (χ1v) is 8.85. The number of nitrogens with zero attached hydrogens (tertiary/aromatic N) is 2. The van der Waals surface area contributed by atoms with E-state index in [1.807, 2.05) is 31.2 Å². The second-order valence-corrected chi connectivity index (χ2v) is 6.65. The highest BCUT2D eigenvalue weighted by atomic mass is 35.5. The number of halogens is 1. The van der Waals surface area contributed by atoms with Crippen LogP contribution in [0.3, 0.4) is 0 Å². The molecule has 0 radical (unpaired) electrons. The molecule has 0 spiro atoms. The van der Waals surface area contributed by atoms with Gasteiger partial charge in [0.2, 0.25) is 0 Å². The Kier molecular flexibility index (Phi) is 5.21. The fourth-order valence-corrected chi connectivity index (χ4v) is 3.41. The average molecular weight is 347 g/mol. The van der Waals surface area contributed by atoms with Gasteiger partial charge < -0.3 is 10.6 Å². The van der Waals surface area contributed by atoms with E-state index in [0.29, 0.717) is 17.0 Å². The van der Waals surface area contributed by atoms with Crippen LogP contribution < -0.4 is 10.6 Å². The molecular weight excluding hydrogens is 324 g/mol. The molecule has 128 valence electrons. The van der Waals surface area contributed by atoms with E-state index in [2.05, 4.69) is 22.7 Å². The summed E-state index contributed by atoms with van der Waals surface area (Å²) in [5.74, 6) is -0.0549. The van der Waals surface area contributed by atoms with Crippen LogP contribution in [-0.2, 0) is 6.42 Å². The highest BCUT2D eigenvalue weighted by molar-refractivity contribution is 6.30. The predicted molar refractivity (Wildman–Crippen MR) is 95.9 cm³/mol. The summed E-state index contributed by atoms with van der Waals surface area (Å²) in [6.07, 6.45) is 4.45. The van der Waals surface area contributed by atoms with Crippen LogP contribution in [0.2, 0.25) is 5.02 Å². The molecule has 24 heavy (non-hydrogen) atoms. The van der Waals surface area contributed by atoms with E-state index >= 15 is 0 Å². The molecule has 2 unspecified atom stereocenters. The Labute approximate surface area is 147 Å². The van der Waals surface area contributed by atoms with Crippen molar-refractivity contribution in [3.63, 3.8) is 0 Å². The standard InChI is InChI=1S/C18H23ClN4O/c1-3-17-15(18(24)22-16-8-5-9-20-12(16)2)11-21-23(17)14-7-4-6-13(19)10-14/h4,6-7,10-12,16,20H,3,5,8-9H2,1-2H3,(H,22,24). The van der Waals surface area contributed by atoms with Gasteiger partial charge in [0.25, 0.3) is 5.91 Å². The van der Waals surface area contributed by atoms with Gasteiger partial charge in [-0.2, -0.15) is 5.10 Å². The first-order chi connectivity index (χ1) is 11.6. The molecule has 0 saturated carbocycles. The quantitative estimate of drug-likeness (QED) is 0.894. The number of hydrogen-bond acceptors (Lipinski definition) is 3. The molecule has 0 aliphatic carbocycles. The molecule has 1 aliphatic rings. The first-order valence-electron chi connectivity index (χ1n) is 8.47. The number of carbonyl (C=O) groups is 1. The lowest BCUT2D eigenvalue weighted by Gasteiger charge is -2.30. The Hall–Kier alpha value is -1.85. The summed E-state index contributed by atoms with van der Waals surface area (Å²) in [5, 5.41) is 11.6. The number of carbonyl (C=O) groups excluding carboxylic acids is 1. The molecule has 1 fully saturated rings. The fraction of sp³-hybridized carbons (Fsp3) is 0.444. The second kappa shape index (κ2) is 7.36. The lowest BCUT2D eigenvalue weighted by molar-refractivity contribution is 0.0919. The van der Waals surface area contributed by atoms with Crippen LogP contribution in [0.1, 0.15) is 42.7 Å². The van der Waals surface area contributed by atoms with Crippen molar-refractivity contribution >= 4 is 17.5 Å². The summed E-state index contributed by atoms with van der Waals surface area (Å²) >= 11 is 6.08. The highest BCUT2D eigenvalue weighted by Gasteiger charge is 2.25. The molecule has 1 aliphatic heterocycles. The summed E-state index contributed by atoms with van der Waals surface area (Å²) in [5.41, 5.74) is 2.40. The molecule has 1 amide bonds. The SMILES string of the molecule is CCc1c(C(=O)NC2CCCNC2C)cnn1-c1cccc(Cl)c1. The monoisotopic (exact) mass is 346 g/mol. The molecule has 1 aromatic carbocycles. The molecule has 0 bridgehead atoms. The number of aromatic nitrogens is 2. The van der Waals surface area contributed by atoms with E-state index in [1.54, 1.807) is 10.9 Å². The molecular formula is C18H23ClN4O. The van der Waals surface area contributed by atoms with Gasteiger partial charge in [-0.25, -0.2) is 4.68 Å². The Bertz CT molecular complexity index is 728. The van der Waals surface area contributed by atoms with Gasteiger partial charge in [0.05, 0.1) is 23.1 Å². The maximum atomic E-state index is 12.7. The lowest BCUT2D eigenvalue weighted by Crippen LogP contribution is -2.52. The number of nitrogens with one attached hydrogen (secondary N) is 2. The summed E-state index contributed by atoms with van der Waals surface area (Å²) in [7, 11) is 0. The Morgan fingerprint density at radius 1 is 1.50 bits per heavy atom. The summed E-state index contributed by atoms with van der Waals surface area (Å²) in [6.45, 7) is 5.15. The normalized spacial score (nSPS) is 20.8. The van der Waals surface area contributed by atoms with Crippen LogP contribution in [0.15, 0.2) is 30.5 Å². The minimum Gasteiger partial charge on any atom is -0.348 e. The minimum absolute atomic E-state index is 0.0549. The van der Waals surface area contributed by atoms with Crippen LogP contribution in [-0.4, -0.2) is 34.3 Å². The maximum absolute atomic E-state index is 12.7. The van der Waals surface area contributed by atoms with Crippen LogP contribution in [0, 0.1) is 0 Å². The zero-order valence-electron chi connectivity index (χ0n) is 14.1. The van der Waals surface area contributed by atoms with Gasteiger partial charge in [-0.15, -0.1) is 0 Å². The van der Waals surface area contributed by atoms with Crippen molar-refractivity contribution < 1.29 is 4.79 Å². The Morgan fingerprint density at radius 3 is 3.04 bits per heavy atom. The van der Waals surface area contributed by atoms with Gasteiger partial charge in [-0.3, -0.25) is 4.79 Å². The van der Waals surface area contributed by atoms with Crippen LogP contribution >= 0.6 is 11.6 Å². The number of benzene rings is 1. The third-order valence-corrected chi connectivity index (χ3v) is 4.81. The van der Waals surface area contributed by atoms with Gasteiger partial charge in [0.1, 0.15) is 0 Å². The van der Waals surface area contributed by atoms with Crippen molar-refractivity contribution in [2.75, 3.05) is 6.54 Å². The zero-order valence-corrected chi connectivity index (χ0v) is 14.8. The van der Waals surface area contributed by atoms with E-state index in [-0.39, 0.29) is 18.0 Å². The topological polar surface area (TPSA) is 59.0 Å². The molecule has 2 atom stereocenters. The molecule has 5 nitrogen and oxygen atoms in total. The van der Waals surface area contributed by atoms with Crippen LogP contribution in [0.25, 0.3) is 5.69 Å². The number of rotatable bonds is 4. The number of amides is 1. The smallest absolute Gasteiger partial charge is 0.255 e. The summed E-state index contributed by atoms with van der Waals surface area (Å²) < 4.78 is 1.79. The summed E-state index contributed by atoms with van der Waals surface area (Å²) in [6, 6.07) is 7.94. The fourth-order valence-electron chi connectivity index (χ4n) is 3.22. The molecule has 2 heterocycles. The number of hydrogen-bond donors (Lipinski definition) is 2. The predicted octanol–water partition coefficient (Wildman–Crippen LogP) is 2.96. The van der Waals surface area contributed by atoms with Crippen molar-refractivity contribution in [1.29, 1.82) is 0 Å². The van der Waals surface area contributed by atoms with Gasteiger partial charge >= 0.3 is 0 Å². The van der Waals surface area contributed by atoms with Gasteiger partial charge in [-0.1, -0.05) is 24.6 Å². The number of piperidine rings is 1. The maximum Gasteiger partial charge on any atom is 0.255 e. The van der Waals surface area contributed by atoms with Crippen LogP contribution in [0.4, 0.5) is 0 Å². The van der Waals surface area contributed by atoms with Crippen molar-refractivity contribution in [2.45, 2.75) is 45.2 Å². The third kappa shape index (κ3) is 3.47. The largest absolute Gasteiger partial charge is 0.348 e. The lowest BCUT2D eigenvalue weighted by atomic mass is 9.99. The van der Waals surface area contributed by atoms with Crippen molar-refractivity contribution in [1.82, 2.24) is 20.4 Å². The van der Waals surface area contributed by atoms with E-state index in [0.717, 1.165) is 30.8 Å². The molecule has 1 aromatic heterocycles. The summed E-state index contributed by atoms with van der Waals surface area (Å²) in [4.78, 5) is 12.7. The first kappa shape index (κ1) is 17.0. The van der Waals surface area contributed by atoms with E-state index in [1.165, 1.54) is 0 Å². The highest BCUT2D eigenvalue weighted by Crippen LogP contribution is 2.19. The third-order valence-electron chi connectivity index (χ3n) is 4.58. The zero-order chi connectivity index (χ0) is 17.1.